The molecule has 0 spiro atoms. The fourth-order valence-corrected chi connectivity index (χ4v) is 3.49. The van der Waals surface area contributed by atoms with Gasteiger partial charge in [-0.25, -0.2) is 9.67 Å². The number of nitrogens with zero attached hydrogens (tertiary/aromatic N) is 4. The Morgan fingerprint density at radius 2 is 1.61 bits per heavy atom. The van der Waals surface area contributed by atoms with E-state index in [0.717, 1.165) is 11.1 Å². The average Bonchev–Trinajstić information content (AvgIpc) is 3.34. The van der Waals surface area contributed by atoms with Gasteiger partial charge in [0.2, 0.25) is 0 Å². The van der Waals surface area contributed by atoms with Crippen LogP contribution in [0.3, 0.4) is 0 Å². The molecule has 3 aromatic carbocycles. The number of benzene rings is 3. The normalized spacial score (nSPS) is 11.1. The fourth-order valence-electron chi connectivity index (χ4n) is 3.49. The number of carbonyl (C=O) groups excluding carboxylic acids is 1. The summed E-state index contributed by atoms with van der Waals surface area (Å²) in [5, 5.41) is 18.6. The Morgan fingerprint density at radius 1 is 1.00 bits per heavy atom. The molecule has 4 rings (SSSR count). The van der Waals surface area contributed by atoms with Crippen molar-refractivity contribution in [3.63, 3.8) is 0 Å². The number of rotatable bonds is 6. The van der Waals surface area contributed by atoms with E-state index in [9.17, 15) is 14.9 Å². The molecule has 31 heavy (non-hydrogen) atoms. The highest BCUT2D eigenvalue weighted by Crippen LogP contribution is 2.30. The molecule has 0 atom stereocenters. The first-order chi connectivity index (χ1) is 15.0. The molecular weight excluding hydrogens is 394 g/mol. The van der Waals surface area contributed by atoms with Crippen LogP contribution in [-0.2, 0) is 5.54 Å². The Balaban J connectivity index is 1.73. The van der Waals surface area contributed by atoms with Crippen LogP contribution in [0.2, 0.25) is 0 Å². The average molecular weight is 413 g/mol. The molecule has 1 aromatic heterocycles. The molecule has 0 fully saturated rings. The van der Waals surface area contributed by atoms with Crippen LogP contribution in [0, 0.1) is 10.1 Å². The Labute approximate surface area is 178 Å². The van der Waals surface area contributed by atoms with Gasteiger partial charge in [0.05, 0.1) is 10.5 Å². The SMILES string of the molecule is CC(NC(=O)c1ccc(-n2cncn2)c([N+](=O)[O-])c1)(c1ccccc1)c1ccccc1. The third-order valence-electron chi connectivity index (χ3n) is 5.17. The van der Waals surface area contributed by atoms with Gasteiger partial charge in [-0.05, 0) is 30.2 Å². The van der Waals surface area contributed by atoms with Crippen LogP contribution in [0.4, 0.5) is 5.69 Å². The Hall–Kier alpha value is -4.33. The van der Waals surface area contributed by atoms with E-state index >= 15 is 0 Å². The number of nitro groups is 1. The first-order valence-electron chi connectivity index (χ1n) is 9.56. The quantitative estimate of drug-likeness (QED) is 0.382. The maximum absolute atomic E-state index is 13.2. The number of nitro benzene ring substituents is 1. The summed E-state index contributed by atoms with van der Waals surface area (Å²) in [5.41, 5.74) is 1.12. The molecule has 0 bridgehead atoms. The first kappa shape index (κ1) is 20.0. The Morgan fingerprint density at radius 3 is 2.13 bits per heavy atom. The van der Waals surface area contributed by atoms with Gasteiger partial charge in [-0.3, -0.25) is 14.9 Å². The molecule has 0 unspecified atom stereocenters. The smallest absolute Gasteiger partial charge is 0.295 e. The molecule has 0 saturated heterocycles. The van der Waals surface area contributed by atoms with E-state index in [-0.39, 0.29) is 16.9 Å². The summed E-state index contributed by atoms with van der Waals surface area (Å²) in [7, 11) is 0. The second-order valence-electron chi connectivity index (χ2n) is 7.11. The molecule has 0 saturated carbocycles. The van der Waals surface area contributed by atoms with Gasteiger partial charge in [-0.15, -0.1) is 0 Å². The van der Waals surface area contributed by atoms with E-state index in [1.807, 2.05) is 67.6 Å². The first-order valence-corrected chi connectivity index (χ1v) is 9.56. The number of aromatic nitrogens is 3. The Kier molecular flexibility index (Phi) is 5.28. The summed E-state index contributed by atoms with van der Waals surface area (Å²) in [5.74, 6) is -0.427. The summed E-state index contributed by atoms with van der Waals surface area (Å²) >= 11 is 0. The van der Waals surface area contributed by atoms with E-state index < -0.39 is 16.4 Å². The second-order valence-corrected chi connectivity index (χ2v) is 7.11. The minimum absolute atomic E-state index is 0.175. The standard InChI is InChI=1S/C23H19N5O3/c1-23(18-8-4-2-5-9-18,19-10-6-3-7-11-19)26-22(29)17-12-13-20(21(14-17)28(30)31)27-16-24-15-25-27/h2-16H,1H3,(H,26,29). The van der Waals surface area contributed by atoms with Crippen LogP contribution < -0.4 is 5.32 Å². The Bertz CT molecular complexity index is 1170. The van der Waals surface area contributed by atoms with Crippen LogP contribution in [0.5, 0.6) is 0 Å². The molecule has 0 aliphatic heterocycles. The van der Waals surface area contributed by atoms with Crippen molar-refractivity contribution < 1.29 is 9.72 Å². The van der Waals surface area contributed by atoms with Crippen molar-refractivity contribution in [2.24, 2.45) is 0 Å². The van der Waals surface area contributed by atoms with Gasteiger partial charge in [0.1, 0.15) is 18.3 Å². The third-order valence-corrected chi connectivity index (χ3v) is 5.17. The number of nitrogens with one attached hydrogen (secondary N) is 1. The van der Waals surface area contributed by atoms with Crippen LogP contribution in [0.25, 0.3) is 5.69 Å². The lowest BCUT2D eigenvalue weighted by atomic mass is 9.84. The highest BCUT2D eigenvalue weighted by atomic mass is 16.6. The van der Waals surface area contributed by atoms with E-state index in [1.165, 1.54) is 35.5 Å². The van der Waals surface area contributed by atoms with Crippen LogP contribution in [0.1, 0.15) is 28.4 Å². The van der Waals surface area contributed by atoms with Crippen molar-refractivity contribution in [1.82, 2.24) is 20.1 Å². The van der Waals surface area contributed by atoms with Crippen molar-refractivity contribution in [3.8, 4) is 5.69 Å². The largest absolute Gasteiger partial charge is 0.339 e. The summed E-state index contributed by atoms with van der Waals surface area (Å²) in [6, 6.07) is 23.4. The lowest BCUT2D eigenvalue weighted by Gasteiger charge is -2.32. The highest BCUT2D eigenvalue weighted by Gasteiger charge is 2.31. The molecule has 1 N–H and O–H groups in total. The molecule has 0 aliphatic carbocycles. The lowest BCUT2D eigenvalue weighted by molar-refractivity contribution is -0.384. The highest BCUT2D eigenvalue weighted by molar-refractivity contribution is 5.96. The maximum atomic E-state index is 13.2. The number of carbonyl (C=O) groups is 1. The number of hydrogen-bond donors (Lipinski definition) is 1. The molecule has 1 amide bonds. The minimum atomic E-state index is -0.834. The molecule has 0 aliphatic rings. The minimum Gasteiger partial charge on any atom is -0.339 e. The molecule has 1 heterocycles. The van der Waals surface area contributed by atoms with Gasteiger partial charge in [-0.2, -0.15) is 5.10 Å². The zero-order valence-electron chi connectivity index (χ0n) is 16.7. The van der Waals surface area contributed by atoms with Gasteiger partial charge in [0, 0.05) is 11.6 Å². The summed E-state index contributed by atoms with van der Waals surface area (Å²) in [6.07, 6.45) is 2.65. The fraction of sp³-hybridized carbons (Fsp3) is 0.0870. The summed E-state index contributed by atoms with van der Waals surface area (Å²) in [6.45, 7) is 1.91. The van der Waals surface area contributed by atoms with E-state index in [0.29, 0.717) is 0 Å². The molecule has 8 nitrogen and oxygen atoms in total. The van der Waals surface area contributed by atoms with Gasteiger partial charge < -0.3 is 5.32 Å². The molecule has 0 radical (unpaired) electrons. The predicted molar refractivity (Wildman–Crippen MR) is 115 cm³/mol. The van der Waals surface area contributed by atoms with Gasteiger partial charge >= 0.3 is 0 Å². The van der Waals surface area contributed by atoms with E-state index in [2.05, 4.69) is 15.4 Å². The zero-order chi connectivity index (χ0) is 21.8. The van der Waals surface area contributed by atoms with Crippen molar-refractivity contribution in [2.75, 3.05) is 0 Å². The van der Waals surface area contributed by atoms with Gasteiger partial charge in [0.25, 0.3) is 11.6 Å². The molecule has 154 valence electrons. The molecule has 8 heteroatoms. The number of amides is 1. The summed E-state index contributed by atoms with van der Waals surface area (Å²) < 4.78 is 1.29. The number of hydrogen-bond acceptors (Lipinski definition) is 5. The van der Waals surface area contributed by atoms with Crippen molar-refractivity contribution in [1.29, 1.82) is 0 Å². The van der Waals surface area contributed by atoms with E-state index in [1.54, 1.807) is 0 Å². The van der Waals surface area contributed by atoms with Gasteiger partial charge in [0.15, 0.2) is 0 Å². The van der Waals surface area contributed by atoms with Crippen LogP contribution >= 0.6 is 0 Å². The molecule has 4 aromatic rings. The van der Waals surface area contributed by atoms with Gasteiger partial charge in [-0.1, -0.05) is 60.7 Å². The van der Waals surface area contributed by atoms with Crippen molar-refractivity contribution in [3.05, 3.63) is 118 Å². The second kappa shape index (κ2) is 8.19. The summed E-state index contributed by atoms with van der Waals surface area (Å²) in [4.78, 5) is 28.1. The third kappa shape index (κ3) is 3.91. The molecular formula is C23H19N5O3. The maximum Gasteiger partial charge on any atom is 0.295 e. The monoisotopic (exact) mass is 413 g/mol. The van der Waals surface area contributed by atoms with Crippen LogP contribution in [-0.4, -0.2) is 25.6 Å². The van der Waals surface area contributed by atoms with Crippen molar-refractivity contribution >= 4 is 11.6 Å². The lowest BCUT2D eigenvalue weighted by Crippen LogP contribution is -2.44. The van der Waals surface area contributed by atoms with Crippen LogP contribution in [0.15, 0.2) is 91.5 Å². The van der Waals surface area contributed by atoms with E-state index in [4.69, 9.17) is 0 Å². The van der Waals surface area contributed by atoms with Crippen molar-refractivity contribution in [2.45, 2.75) is 12.5 Å². The topological polar surface area (TPSA) is 103 Å². The predicted octanol–water partition coefficient (Wildman–Crippen LogP) is 3.87. The zero-order valence-corrected chi connectivity index (χ0v) is 16.7.